The lowest BCUT2D eigenvalue weighted by Gasteiger charge is -2.60. The summed E-state index contributed by atoms with van der Waals surface area (Å²) in [5.41, 5.74) is 5.13. The summed E-state index contributed by atoms with van der Waals surface area (Å²) in [6, 6.07) is 3.44. The van der Waals surface area contributed by atoms with Gasteiger partial charge in [0.2, 0.25) is 0 Å². The summed E-state index contributed by atoms with van der Waals surface area (Å²) in [6.07, 6.45) is 13.6. The summed E-state index contributed by atoms with van der Waals surface area (Å²) in [5, 5.41) is 14.9. The van der Waals surface area contributed by atoms with Crippen LogP contribution in [-0.4, -0.2) is 27.8 Å². The third-order valence-corrected chi connectivity index (χ3v) is 9.61. The molecule has 0 aromatic carbocycles. The van der Waals surface area contributed by atoms with Crippen LogP contribution in [-0.2, 0) is 0 Å². The summed E-state index contributed by atoms with van der Waals surface area (Å²) in [4.78, 5) is 16.4. The van der Waals surface area contributed by atoms with Crippen molar-refractivity contribution in [1.82, 2.24) is 10.4 Å². The van der Waals surface area contributed by atoms with Gasteiger partial charge in [0.05, 0.1) is 6.10 Å². The number of aliphatic hydroxyl groups excluding tert-OH is 1. The van der Waals surface area contributed by atoms with E-state index in [-0.39, 0.29) is 17.4 Å². The molecule has 0 bridgehead atoms. The average Bonchev–Trinajstić information content (AvgIpc) is 3.09. The predicted molar refractivity (Wildman–Crippen MR) is 117 cm³/mol. The van der Waals surface area contributed by atoms with E-state index in [1.54, 1.807) is 24.5 Å². The van der Waals surface area contributed by atoms with E-state index in [2.05, 4.69) is 29.4 Å². The summed E-state index contributed by atoms with van der Waals surface area (Å²) < 4.78 is 0. The van der Waals surface area contributed by atoms with E-state index in [9.17, 15) is 9.90 Å². The highest BCUT2D eigenvalue weighted by molar-refractivity contribution is 5.97. The quantitative estimate of drug-likeness (QED) is 0.703. The Morgan fingerprint density at radius 1 is 1.10 bits per heavy atom. The SMILES string of the molecule is C[C@]12CC[C@H](O)C[C@H]1CC[C@@H]1[C@@H]2CC[C@]2(C)/C(=N\NC(=O)c3ccncc3)CC[C@@H]12. The van der Waals surface area contributed by atoms with Crippen LogP contribution in [0.4, 0.5) is 0 Å². The van der Waals surface area contributed by atoms with Gasteiger partial charge < -0.3 is 5.11 Å². The smallest absolute Gasteiger partial charge is 0.271 e. The lowest BCUT2D eigenvalue weighted by molar-refractivity contribution is -0.113. The molecule has 0 spiro atoms. The Hall–Kier alpha value is -1.75. The number of carbonyl (C=O) groups excluding carboxylic acids is 1. The zero-order valence-electron chi connectivity index (χ0n) is 18.3. The Balaban J connectivity index is 1.33. The van der Waals surface area contributed by atoms with Crippen LogP contribution in [0.15, 0.2) is 29.6 Å². The summed E-state index contributed by atoms with van der Waals surface area (Å²) in [7, 11) is 0. The van der Waals surface area contributed by atoms with E-state index in [1.165, 1.54) is 44.2 Å². The third kappa shape index (κ3) is 3.12. The number of hydrogen-bond acceptors (Lipinski definition) is 4. The second-order valence-electron chi connectivity index (χ2n) is 10.8. The maximum Gasteiger partial charge on any atom is 0.271 e. The molecule has 1 amide bonds. The molecule has 0 unspecified atom stereocenters. The van der Waals surface area contributed by atoms with Crippen molar-refractivity contribution in [1.29, 1.82) is 0 Å². The highest BCUT2D eigenvalue weighted by atomic mass is 16.3. The Bertz CT molecular complexity index is 840. The summed E-state index contributed by atoms with van der Waals surface area (Å²) >= 11 is 0. The van der Waals surface area contributed by atoms with Crippen LogP contribution < -0.4 is 5.43 Å². The number of aromatic nitrogens is 1. The molecule has 5 nitrogen and oxygen atoms in total. The fraction of sp³-hybridized carbons (Fsp3) is 0.720. The highest BCUT2D eigenvalue weighted by Gasteiger charge is 2.59. The van der Waals surface area contributed by atoms with Gasteiger partial charge in [0, 0.05) is 29.1 Å². The molecule has 4 saturated carbocycles. The first kappa shape index (κ1) is 20.2. The highest BCUT2D eigenvalue weighted by Crippen LogP contribution is 2.65. The third-order valence-electron chi connectivity index (χ3n) is 9.61. The second kappa shape index (κ2) is 7.44. The van der Waals surface area contributed by atoms with Gasteiger partial charge in [-0.1, -0.05) is 13.8 Å². The Morgan fingerprint density at radius 2 is 1.90 bits per heavy atom. The molecule has 4 aliphatic rings. The van der Waals surface area contributed by atoms with Gasteiger partial charge in [-0.05, 0) is 99.0 Å². The minimum Gasteiger partial charge on any atom is -0.393 e. The van der Waals surface area contributed by atoms with Crippen molar-refractivity contribution >= 4 is 11.6 Å². The Morgan fingerprint density at radius 3 is 2.70 bits per heavy atom. The predicted octanol–water partition coefficient (Wildman–Crippen LogP) is 4.57. The largest absolute Gasteiger partial charge is 0.393 e. The zero-order valence-corrected chi connectivity index (χ0v) is 18.3. The van der Waals surface area contributed by atoms with Gasteiger partial charge in [0.15, 0.2) is 0 Å². The van der Waals surface area contributed by atoms with Gasteiger partial charge in [-0.25, -0.2) is 5.43 Å². The minimum absolute atomic E-state index is 0.0808. The molecule has 162 valence electrons. The molecule has 4 aliphatic carbocycles. The fourth-order valence-corrected chi connectivity index (χ4v) is 7.89. The fourth-order valence-electron chi connectivity index (χ4n) is 7.89. The van der Waals surface area contributed by atoms with Gasteiger partial charge in [0.25, 0.3) is 5.91 Å². The standard InChI is InChI=1S/C25H35N3O2/c1-24-11-7-18(29)15-17(24)3-4-19-20-5-6-22(25(20,2)12-8-21(19)24)27-28-23(30)16-9-13-26-14-10-16/h9-10,13-14,17-21,29H,3-8,11-12,15H2,1-2H3,(H,28,30)/b27-22-/t17-,18+,19+,20+,21+,24+,25+/m1/s1. The van der Waals surface area contributed by atoms with Crippen molar-refractivity contribution in [2.24, 2.45) is 39.6 Å². The van der Waals surface area contributed by atoms with Crippen molar-refractivity contribution in [3.8, 4) is 0 Å². The number of nitrogens with one attached hydrogen (secondary N) is 1. The number of fused-ring (bicyclic) bond motifs is 5. The molecular formula is C25H35N3O2. The van der Waals surface area contributed by atoms with Crippen molar-refractivity contribution < 1.29 is 9.90 Å². The number of hydrogen-bond donors (Lipinski definition) is 2. The Labute approximate surface area is 179 Å². The van der Waals surface area contributed by atoms with Crippen molar-refractivity contribution in [3.05, 3.63) is 30.1 Å². The first-order valence-corrected chi connectivity index (χ1v) is 11.9. The minimum atomic E-state index is -0.153. The second-order valence-corrected chi connectivity index (χ2v) is 10.8. The maximum atomic E-state index is 12.5. The van der Waals surface area contributed by atoms with Crippen LogP contribution in [0.3, 0.4) is 0 Å². The molecule has 0 radical (unpaired) electrons. The van der Waals surface area contributed by atoms with E-state index in [1.807, 2.05) is 0 Å². The van der Waals surface area contributed by atoms with Gasteiger partial charge in [-0.3, -0.25) is 9.78 Å². The van der Waals surface area contributed by atoms with Crippen LogP contribution in [0.2, 0.25) is 0 Å². The molecule has 5 rings (SSSR count). The topological polar surface area (TPSA) is 74.6 Å². The first-order valence-electron chi connectivity index (χ1n) is 11.9. The molecule has 1 aromatic heterocycles. The van der Waals surface area contributed by atoms with E-state index in [4.69, 9.17) is 0 Å². The molecule has 2 N–H and O–H groups in total. The molecule has 5 heteroatoms. The van der Waals surface area contributed by atoms with E-state index < -0.39 is 0 Å². The molecule has 0 aliphatic heterocycles. The normalized spacial score (nSPS) is 44.1. The van der Waals surface area contributed by atoms with Crippen LogP contribution in [0.5, 0.6) is 0 Å². The Kier molecular flexibility index (Phi) is 5.00. The lowest BCUT2D eigenvalue weighted by Crippen LogP contribution is -2.54. The van der Waals surface area contributed by atoms with E-state index >= 15 is 0 Å². The number of aliphatic hydroxyl groups is 1. The maximum absolute atomic E-state index is 12.5. The molecular weight excluding hydrogens is 374 g/mol. The number of hydrazone groups is 1. The van der Waals surface area contributed by atoms with E-state index in [0.29, 0.717) is 22.8 Å². The number of nitrogens with zero attached hydrogens (tertiary/aromatic N) is 2. The average molecular weight is 410 g/mol. The molecule has 0 saturated heterocycles. The molecule has 1 aromatic rings. The van der Waals surface area contributed by atoms with Crippen LogP contribution in [0.25, 0.3) is 0 Å². The number of carbonyl (C=O) groups is 1. The number of rotatable bonds is 2. The number of pyridine rings is 1. The van der Waals surface area contributed by atoms with Crippen LogP contribution >= 0.6 is 0 Å². The monoisotopic (exact) mass is 409 g/mol. The van der Waals surface area contributed by atoms with Crippen LogP contribution in [0, 0.1) is 34.5 Å². The molecule has 4 fully saturated rings. The van der Waals surface area contributed by atoms with Gasteiger partial charge >= 0.3 is 0 Å². The van der Waals surface area contributed by atoms with Gasteiger partial charge in [-0.15, -0.1) is 0 Å². The van der Waals surface area contributed by atoms with E-state index in [0.717, 1.165) is 31.1 Å². The first-order chi connectivity index (χ1) is 14.4. The lowest BCUT2D eigenvalue weighted by atomic mass is 9.45. The number of amides is 1. The van der Waals surface area contributed by atoms with Crippen LogP contribution in [0.1, 0.15) is 82.0 Å². The van der Waals surface area contributed by atoms with Gasteiger partial charge in [-0.2, -0.15) is 5.10 Å². The van der Waals surface area contributed by atoms with Crippen molar-refractivity contribution in [2.75, 3.05) is 0 Å². The zero-order chi connectivity index (χ0) is 20.9. The molecule has 7 atom stereocenters. The van der Waals surface area contributed by atoms with Crippen molar-refractivity contribution in [3.63, 3.8) is 0 Å². The summed E-state index contributed by atoms with van der Waals surface area (Å²) in [6.45, 7) is 4.93. The summed E-state index contributed by atoms with van der Waals surface area (Å²) in [5.74, 6) is 2.77. The molecule has 30 heavy (non-hydrogen) atoms. The van der Waals surface area contributed by atoms with Crippen molar-refractivity contribution in [2.45, 2.75) is 77.7 Å². The van der Waals surface area contributed by atoms with Gasteiger partial charge in [0.1, 0.15) is 0 Å². The molecule has 1 heterocycles.